The standard InChI is InChI=1S/C23H28FN3O/c1-16-8-10-17(11-9-16)15-27-21-6-3-7-22(27)14-20(13-21)26-23(28)25-19-5-2-4-18(24)12-19/h2,4-5,8-12,20-22H,3,6-7,13-15H2,1H3,(H2,25,26,28)/t21-,22-/m0/s1. The molecule has 0 saturated carbocycles. The van der Waals surface area contributed by atoms with E-state index in [1.165, 1.54) is 42.5 Å². The molecule has 0 aromatic heterocycles. The lowest BCUT2D eigenvalue weighted by atomic mass is 9.81. The second kappa shape index (κ2) is 8.31. The molecule has 28 heavy (non-hydrogen) atoms. The molecule has 2 bridgehead atoms. The first-order valence-electron chi connectivity index (χ1n) is 10.2. The Hall–Kier alpha value is -2.40. The Morgan fingerprint density at radius 1 is 1.11 bits per heavy atom. The SMILES string of the molecule is Cc1ccc(CN2[C@H]3CCC[C@H]2CC(NC(=O)Nc2cccc(F)c2)C3)cc1. The predicted octanol–water partition coefficient (Wildman–Crippen LogP) is 4.84. The molecule has 2 aromatic rings. The number of carbonyl (C=O) groups is 1. The Balaban J connectivity index is 1.36. The van der Waals surface area contributed by atoms with Gasteiger partial charge in [-0.2, -0.15) is 0 Å². The van der Waals surface area contributed by atoms with Crippen LogP contribution in [0.25, 0.3) is 0 Å². The maximum atomic E-state index is 13.3. The summed E-state index contributed by atoms with van der Waals surface area (Å²) in [6.45, 7) is 3.10. The van der Waals surface area contributed by atoms with Gasteiger partial charge in [0.25, 0.3) is 0 Å². The summed E-state index contributed by atoms with van der Waals surface area (Å²) in [6, 6.07) is 15.7. The molecule has 0 radical (unpaired) electrons. The van der Waals surface area contributed by atoms with E-state index in [1.54, 1.807) is 12.1 Å². The van der Waals surface area contributed by atoms with Crippen LogP contribution >= 0.6 is 0 Å². The van der Waals surface area contributed by atoms with Gasteiger partial charge in [0.2, 0.25) is 0 Å². The third-order valence-corrected chi connectivity index (χ3v) is 6.03. The lowest BCUT2D eigenvalue weighted by Crippen LogP contribution is -2.56. The molecule has 148 valence electrons. The van der Waals surface area contributed by atoms with Crippen LogP contribution in [0, 0.1) is 12.7 Å². The van der Waals surface area contributed by atoms with Crippen molar-refractivity contribution < 1.29 is 9.18 Å². The highest BCUT2D eigenvalue weighted by Crippen LogP contribution is 2.35. The molecule has 2 aromatic carbocycles. The van der Waals surface area contributed by atoms with Crippen LogP contribution in [0.3, 0.4) is 0 Å². The number of hydrogen-bond donors (Lipinski definition) is 2. The molecule has 0 unspecified atom stereocenters. The molecule has 2 saturated heterocycles. The summed E-state index contributed by atoms with van der Waals surface area (Å²) in [5.74, 6) is -0.350. The van der Waals surface area contributed by atoms with E-state index in [1.807, 2.05) is 0 Å². The number of hydrogen-bond acceptors (Lipinski definition) is 2. The van der Waals surface area contributed by atoms with Crippen molar-refractivity contribution in [2.45, 2.75) is 63.7 Å². The van der Waals surface area contributed by atoms with E-state index < -0.39 is 0 Å². The van der Waals surface area contributed by atoms with Crippen molar-refractivity contribution in [1.82, 2.24) is 10.2 Å². The van der Waals surface area contributed by atoms with Gasteiger partial charge in [0.15, 0.2) is 0 Å². The highest BCUT2D eigenvalue weighted by atomic mass is 19.1. The maximum absolute atomic E-state index is 13.3. The minimum Gasteiger partial charge on any atom is -0.335 e. The van der Waals surface area contributed by atoms with Crippen LogP contribution in [0.4, 0.5) is 14.9 Å². The van der Waals surface area contributed by atoms with E-state index in [9.17, 15) is 9.18 Å². The van der Waals surface area contributed by atoms with Crippen molar-refractivity contribution in [2.75, 3.05) is 5.32 Å². The summed E-state index contributed by atoms with van der Waals surface area (Å²) in [5, 5.41) is 5.86. The second-order valence-electron chi connectivity index (χ2n) is 8.17. The van der Waals surface area contributed by atoms with Crippen LogP contribution in [0.15, 0.2) is 48.5 Å². The van der Waals surface area contributed by atoms with Crippen LogP contribution in [0.2, 0.25) is 0 Å². The Kier molecular flexibility index (Phi) is 5.62. The summed E-state index contributed by atoms with van der Waals surface area (Å²) in [7, 11) is 0. The number of halogens is 1. The molecule has 5 heteroatoms. The van der Waals surface area contributed by atoms with Gasteiger partial charge in [0.1, 0.15) is 5.82 Å². The van der Waals surface area contributed by atoms with Crippen molar-refractivity contribution >= 4 is 11.7 Å². The van der Waals surface area contributed by atoms with Gasteiger partial charge in [-0.1, -0.05) is 42.3 Å². The van der Waals surface area contributed by atoms with Crippen LogP contribution in [-0.2, 0) is 6.54 Å². The minimum atomic E-state index is -0.350. The molecule has 0 spiro atoms. The maximum Gasteiger partial charge on any atom is 0.319 e. The number of aryl methyl sites for hydroxylation is 1. The molecule has 2 aliphatic rings. The normalized spacial score (nSPS) is 24.6. The van der Waals surface area contributed by atoms with Gasteiger partial charge in [-0.3, -0.25) is 4.90 Å². The van der Waals surface area contributed by atoms with Crippen molar-refractivity contribution in [2.24, 2.45) is 0 Å². The van der Waals surface area contributed by atoms with Crippen LogP contribution in [0.5, 0.6) is 0 Å². The van der Waals surface area contributed by atoms with Crippen molar-refractivity contribution in [3.8, 4) is 0 Å². The minimum absolute atomic E-state index is 0.165. The van der Waals surface area contributed by atoms with Crippen LogP contribution < -0.4 is 10.6 Å². The molecular formula is C23H28FN3O. The smallest absolute Gasteiger partial charge is 0.319 e. The third-order valence-electron chi connectivity index (χ3n) is 6.03. The van der Waals surface area contributed by atoms with Gasteiger partial charge in [-0.05, 0) is 56.4 Å². The lowest BCUT2D eigenvalue weighted by molar-refractivity contribution is 0.0200. The number of nitrogens with one attached hydrogen (secondary N) is 2. The van der Waals surface area contributed by atoms with Gasteiger partial charge in [-0.25, -0.2) is 9.18 Å². The highest BCUT2D eigenvalue weighted by molar-refractivity contribution is 5.89. The van der Waals surface area contributed by atoms with E-state index in [-0.39, 0.29) is 17.9 Å². The summed E-state index contributed by atoms with van der Waals surface area (Å²) < 4.78 is 13.3. The number of carbonyl (C=O) groups excluding carboxylic acids is 1. The third kappa shape index (κ3) is 4.53. The largest absolute Gasteiger partial charge is 0.335 e. The number of piperidine rings is 2. The number of rotatable bonds is 4. The van der Waals surface area contributed by atoms with E-state index in [4.69, 9.17) is 0 Å². The average Bonchev–Trinajstić information content (AvgIpc) is 2.64. The molecule has 4 rings (SSSR count). The van der Waals surface area contributed by atoms with Gasteiger partial charge in [0, 0.05) is 30.4 Å². The fourth-order valence-corrected chi connectivity index (χ4v) is 4.68. The Morgan fingerprint density at radius 2 is 1.82 bits per heavy atom. The van der Waals surface area contributed by atoms with Gasteiger partial charge in [0.05, 0.1) is 0 Å². The zero-order valence-corrected chi connectivity index (χ0v) is 16.3. The first kappa shape index (κ1) is 18.9. The van der Waals surface area contributed by atoms with Crippen LogP contribution in [0.1, 0.15) is 43.2 Å². The van der Waals surface area contributed by atoms with E-state index in [0.29, 0.717) is 17.8 Å². The number of nitrogens with zero attached hydrogens (tertiary/aromatic N) is 1. The molecular weight excluding hydrogens is 353 g/mol. The Labute approximate surface area is 166 Å². The first-order chi connectivity index (χ1) is 13.6. The summed E-state index contributed by atoms with van der Waals surface area (Å²) in [4.78, 5) is 15.0. The molecule has 2 N–H and O–H groups in total. The van der Waals surface area contributed by atoms with Gasteiger partial charge in [-0.15, -0.1) is 0 Å². The average molecular weight is 381 g/mol. The van der Waals surface area contributed by atoms with Crippen molar-refractivity contribution in [3.63, 3.8) is 0 Å². The predicted molar refractivity (Wildman–Crippen MR) is 110 cm³/mol. The number of benzene rings is 2. The molecule has 2 atom stereocenters. The van der Waals surface area contributed by atoms with Crippen molar-refractivity contribution in [3.05, 3.63) is 65.5 Å². The van der Waals surface area contributed by atoms with E-state index >= 15 is 0 Å². The molecule has 2 aliphatic heterocycles. The molecule has 2 fully saturated rings. The van der Waals surface area contributed by atoms with Crippen molar-refractivity contribution in [1.29, 1.82) is 0 Å². The highest BCUT2D eigenvalue weighted by Gasteiger charge is 2.38. The van der Waals surface area contributed by atoms with Gasteiger partial charge >= 0.3 is 6.03 Å². The van der Waals surface area contributed by atoms with Crippen LogP contribution in [-0.4, -0.2) is 29.1 Å². The number of anilines is 1. The monoisotopic (exact) mass is 381 g/mol. The number of urea groups is 1. The molecule has 4 nitrogen and oxygen atoms in total. The summed E-state index contributed by atoms with van der Waals surface area (Å²) in [6.07, 6.45) is 5.58. The number of amides is 2. The Bertz CT molecular complexity index is 809. The fraction of sp³-hybridized carbons (Fsp3) is 0.435. The van der Waals surface area contributed by atoms with Gasteiger partial charge < -0.3 is 10.6 Å². The number of fused-ring (bicyclic) bond motifs is 2. The molecule has 2 heterocycles. The Morgan fingerprint density at radius 3 is 2.50 bits per heavy atom. The zero-order chi connectivity index (χ0) is 19.5. The topological polar surface area (TPSA) is 44.4 Å². The summed E-state index contributed by atoms with van der Waals surface area (Å²) in [5.41, 5.74) is 3.13. The zero-order valence-electron chi connectivity index (χ0n) is 16.3. The lowest BCUT2D eigenvalue weighted by Gasteiger charge is -2.49. The fourth-order valence-electron chi connectivity index (χ4n) is 4.68. The molecule has 2 amide bonds. The molecule has 0 aliphatic carbocycles. The van der Waals surface area contributed by atoms with E-state index in [2.05, 4.69) is 46.7 Å². The van der Waals surface area contributed by atoms with E-state index in [0.717, 1.165) is 19.4 Å². The quantitative estimate of drug-likeness (QED) is 0.796. The first-order valence-corrected chi connectivity index (χ1v) is 10.2. The second-order valence-corrected chi connectivity index (χ2v) is 8.17. The summed E-state index contributed by atoms with van der Waals surface area (Å²) >= 11 is 0.